The number of rotatable bonds is 10. The van der Waals surface area contributed by atoms with Gasteiger partial charge in [0, 0.05) is 12.8 Å². The minimum Gasteiger partial charge on any atom is -0.368 e. The van der Waals surface area contributed by atoms with Gasteiger partial charge in [-0.15, -0.1) is 0 Å². The summed E-state index contributed by atoms with van der Waals surface area (Å²) in [7, 11) is 0. The largest absolute Gasteiger partial charge is 0.368 e. The van der Waals surface area contributed by atoms with E-state index < -0.39 is 11.9 Å². The number of unbranched alkanes of at least 4 members (excludes halogenated alkanes) is 1. The van der Waals surface area contributed by atoms with E-state index in [1.165, 1.54) is 11.1 Å². The van der Waals surface area contributed by atoms with Crippen LogP contribution in [0, 0.1) is 6.92 Å². The highest BCUT2D eigenvalue weighted by atomic mass is 16.2. The van der Waals surface area contributed by atoms with Crippen molar-refractivity contribution in [2.24, 2.45) is 11.5 Å². The molecule has 6 nitrogen and oxygen atoms in total. The number of carbonyl (C=O) groups excluding carboxylic acids is 3. The Morgan fingerprint density at radius 2 is 1.58 bits per heavy atom. The first-order valence-corrected chi connectivity index (χ1v) is 8.31. The molecule has 132 valence electrons. The van der Waals surface area contributed by atoms with Crippen molar-refractivity contribution in [2.45, 2.75) is 57.9 Å². The predicted molar refractivity (Wildman–Crippen MR) is 92.9 cm³/mol. The summed E-state index contributed by atoms with van der Waals surface area (Å²) in [6.45, 7) is 2.03. The van der Waals surface area contributed by atoms with E-state index >= 15 is 0 Å². The number of primary amides is 1. The Kier molecular flexibility index (Phi) is 8.71. The molecule has 0 radical (unpaired) electrons. The number of hydrogen-bond donors (Lipinski definition) is 3. The minimum absolute atomic E-state index is 0.245. The molecule has 0 aliphatic heterocycles. The van der Waals surface area contributed by atoms with E-state index in [2.05, 4.69) is 17.4 Å². The van der Waals surface area contributed by atoms with Gasteiger partial charge in [-0.05, 0) is 38.2 Å². The molecule has 5 N–H and O–H groups in total. The number of nitrogens with two attached hydrogens (primary N) is 2. The van der Waals surface area contributed by atoms with Gasteiger partial charge in [-0.2, -0.15) is 0 Å². The number of benzene rings is 1. The second-order valence-corrected chi connectivity index (χ2v) is 6.07. The molecule has 0 spiro atoms. The Labute approximate surface area is 143 Å². The minimum atomic E-state index is -0.670. The molecular weight excluding hydrogens is 306 g/mol. The summed E-state index contributed by atoms with van der Waals surface area (Å²) in [4.78, 5) is 34.1. The van der Waals surface area contributed by atoms with Crippen LogP contribution in [0.4, 0.5) is 0 Å². The highest BCUT2D eigenvalue weighted by Gasteiger charge is 2.10. The quantitative estimate of drug-likeness (QED) is 0.560. The molecule has 0 aliphatic carbocycles. The lowest BCUT2D eigenvalue weighted by molar-refractivity contribution is -0.130. The Hall–Kier alpha value is -2.21. The fourth-order valence-corrected chi connectivity index (χ4v) is 2.28. The van der Waals surface area contributed by atoms with Crippen LogP contribution in [0.2, 0.25) is 0 Å². The van der Waals surface area contributed by atoms with Crippen molar-refractivity contribution in [3.63, 3.8) is 0 Å². The van der Waals surface area contributed by atoms with E-state index in [-0.39, 0.29) is 18.2 Å². The number of aryl methyl sites for hydroxylation is 2. The first kappa shape index (κ1) is 19.8. The van der Waals surface area contributed by atoms with E-state index in [0.717, 1.165) is 6.42 Å². The van der Waals surface area contributed by atoms with Gasteiger partial charge in [-0.3, -0.25) is 19.7 Å². The molecule has 0 bridgehead atoms. The first-order valence-electron chi connectivity index (χ1n) is 8.31. The normalized spacial score (nSPS) is 11.8. The second kappa shape index (κ2) is 10.5. The Morgan fingerprint density at radius 3 is 2.17 bits per heavy atom. The van der Waals surface area contributed by atoms with Crippen molar-refractivity contribution in [2.75, 3.05) is 0 Å². The third-order valence-corrected chi connectivity index (χ3v) is 3.80. The van der Waals surface area contributed by atoms with Crippen LogP contribution in [0.1, 0.15) is 49.7 Å². The van der Waals surface area contributed by atoms with Crippen LogP contribution in [-0.4, -0.2) is 23.8 Å². The molecule has 6 heteroatoms. The third kappa shape index (κ3) is 8.43. The van der Waals surface area contributed by atoms with Crippen molar-refractivity contribution in [1.82, 2.24) is 5.32 Å². The van der Waals surface area contributed by atoms with E-state index in [1.54, 1.807) is 0 Å². The maximum absolute atomic E-state index is 11.7. The Bertz CT molecular complexity index is 555. The highest BCUT2D eigenvalue weighted by Crippen LogP contribution is 2.07. The Morgan fingerprint density at radius 1 is 1.00 bits per heavy atom. The van der Waals surface area contributed by atoms with E-state index in [4.69, 9.17) is 11.5 Å². The summed E-state index contributed by atoms with van der Waals surface area (Å²) >= 11 is 0. The topological polar surface area (TPSA) is 115 Å². The fourth-order valence-electron chi connectivity index (χ4n) is 2.28. The summed E-state index contributed by atoms with van der Waals surface area (Å²) in [5.74, 6) is -1.08. The average Bonchev–Trinajstić information content (AvgIpc) is 2.53. The SMILES string of the molecule is Cc1ccc(CCCC(=O)NC(=O)CCCCC(N)C(N)=O)cc1. The molecular formula is C18H27N3O3. The molecule has 0 heterocycles. The summed E-state index contributed by atoms with van der Waals surface area (Å²) in [5, 5.41) is 2.39. The van der Waals surface area contributed by atoms with Gasteiger partial charge in [0.2, 0.25) is 17.7 Å². The monoisotopic (exact) mass is 333 g/mol. The number of amides is 3. The van der Waals surface area contributed by atoms with Gasteiger partial charge in [-0.1, -0.05) is 36.2 Å². The fraction of sp³-hybridized carbons (Fsp3) is 0.500. The van der Waals surface area contributed by atoms with Crippen molar-refractivity contribution in [3.8, 4) is 0 Å². The summed E-state index contributed by atoms with van der Waals surface area (Å²) in [6.07, 6.45) is 3.74. The van der Waals surface area contributed by atoms with Gasteiger partial charge < -0.3 is 11.5 Å². The van der Waals surface area contributed by atoms with Gasteiger partial charge >= 0.3 is 0 Å². The lowest BCUT2D eigenvalue weighted by Crippen LogP contribution is -2.36. The van der Waals surface area contributed by atoms with Crippen LogP contribution >= 0.6 is 0 Å². The molecule has 1 aromatic rings. The number of carbonyl (C=O) groups is 3. The molecule has 1 unspecified atom stereocenters. The average molecular weight is 333 g/mol. The van der Waals surface area contributed by atoms with Crippen molar-refractivity contribution < 1.29 is 14.4 Å². The van der Waals surface area contributed by atoms with Crippen LogP contribution in [-0.2, 0) is 20.8 Å². The predicted octanol–water partition coefficient (Wildman–Crippen LogP) is 1.33. The second-order valence-electron chi connectivity index (χ2n) is 6.07. The zero-order valence-electron chi connectivity index (χ0n) is 14.2. The summed E-state index contributed by atoms with van der Waals surface area (Å²) < 4.78 is 0. The van der Waals surface area contributed by atoms with E-state index in [1.807, 2.05) is 19.1 Å². The number of hydrogen-bond acceptors (Lipinski definition) is 4. The molecule has 0 fully saturated rings. The van der Waals surface area contributed by atoms with Crippen LogP contribution in [0.5, 0.6) is 0 Å². The standard InChI is InChI=1S/C18H27N3O3/c1-13-9-11-14(12-10-13)5-4-8-17(23)21-16(22)7-3-2-6-15(19)18(20)24/h9-12,15H,2-8,19H2,1H3,(H2,20,24)(H,21,22,23). The maximum atomic E-state index is 11.7. The summed E-state index contributed by atoms with van der Waals surface area (Å²) in [6, 6.07) is 7.52. The zero-order chi connectivity index (χ0) is 17.9. The summed E-state index contributed by atoms with van der Waals surface area (Å²) in [5.41, 5.74) is 12.9. The maximum Gasteiger partial charge on any atom is 0.234 e. The van der Waals surface area contributed by atoms with Crippen molar-refractivity contribution in [3.05, 3.63) is 35.4 Å². The Balaban J connectivity index is 2.12. The molecule has 1 atom stereocenters. The van der Waals surface area contributed by atoms with Crippen molar-refractivity contribution >= 4 is 17.7 Å². The van der Waals surface area contributed by atoms with Gasteiger partial charge in [0.05, 0.1) is 6.04 Å². The van der Waals surface area contributed by atoms with Crippen LogP contribution in [0.3, 0.4) is 0 Å². The third-order valence-electron chi connectivity index (χ3n) is 3.80. The van der Waals surface area contributed by atoms with Crippen molar-refractivity contribution in [1.29, 1.82) is 0 Å². The molecule has 0 aliphatic rings. The molecule has 0 saturated heterocycles. The number of nitrogens with one attached hydrogen (secondary N) is 1. The lowest BCUT2D eigenvalue weighted by atomic mass is 10.1. The zero-order valence-corrected chi connectivity index (χ0v) is 14.2. The van der Waals surface area contributed by atoms with Gasteiger partial charge in [0.25, 0.3) is 0 Å². The number of imide groups is 1. The van der Waals surface area contributed by atoms with E-state index in [0.29, 0.717) is 32.1 Å². The molecule has 3 amide bonds. The molecule has 0 aromatic heterocycles. The lowest BCUT2D eigenvalue weighted by Gasteiger charge is -2.07. The molecule has 1 aromatic carbocycles. The van der Waals surface area contributed by atoms with E-state index in [9.17, 15) is 14.4 Å². The first-order chi connectivity index (χ1) is 11.4. The smallest absolute Gasteiger partial charge is 0.234 e. The molecule has 24 heavy (non-hydrogen) atoms. The van der Waals surface area contributed by atoms with Crippen LogP contribution in [0.25, 0.3) is 0 Å². The van der Waals surface area contributed by atoms with Gasteiger partial charge in [-0.25, -0.2) is 0 Å². The highest BCUT2D eigenvalue weighted by molar-refractivity contribution is 5.95. The van der Waals surface area contributed by atoms with Gasteiger partial charge in [0.1, 0.15) is 0 Å². The molecule has 1 rings (SSSR count). The van der Waals surface area contributed by atoms with Crippen LogP contribution < -0.4 is 16.8 Å². The molecule has 0 saturated carbocycles. The van der Waals surface area contributed by atoms with Crippen LogP contribution in [0.15, 0.2) is 24.3 Å². The van der Waals surface area contributed by atoms with Gasteiger partial charge in [0.15, 0.2) is 0 Å².